The van der Waals surface area contributed by atoms with Crippen LogP contribution in [-0.2, 0) is 22.6 Å². The fraction of sp³-hybridized carbons (Fsp3) is 0.333. The Hall–Kier alpha value is -3.22. The standard InChI is InChI=1S/C21H25N3O4/c1-4-18(21(26)22-3)23(14-17-11-6-5-9-15(17)2)20(25)13-16-10-7-8-12-19(16)24(27)28/h5-12,18H,4,13-14H2,1-3H3,(H,22,26)/t18-/m1/s1. The Labute approximate surface area is 164 Å². The number of para-hydroxylation sites is 1. The van der Waals surface area contributed by atoms with E-state index in [-0.39, 0.29) is 30.5 Å². The van der Waals surface area contributed by atoms with Gasteiger partial charge in [0.15, 0.2) is 0 Å². The number of nitro groups is 1. The summed E-state index contributed by atoms with van der Waals surface area (Å²) in [4.78, 5) is 37.8. The monoisotopic (exact) mass is 383 g/mol. The van der Waals surface area contributed by atoms with Gasteiger partial charge in [-0.05, 0) is 24.5 Å². The molecule has 0 aliphatic rings. The molecule has 7 heteroatoms. The summed E-state index contributed by atoms with van der Waals surface area (Å²) in [5.74, 6) is -0.583. The number of likely N-dealkylation sites (N-methyl/N-ethyl adjacent to an activating group) is 1. The number of nitro benzene ring substituents is 1. The number of hydrogen-bond donors (Lipinski definition) is 1. The van der Waals surface area contributed by atoms with Gasteiger partial charge in [-0.15, -0.1) is 0 Å². The number of carbonyl (C=O) groups is 2. The van der Waals surface area contributed by atoms with Crippen LogP contribution >= 0.6 is 0 Å². The molecule has 0 aliphatic carbocycles. The molecule has 0 spiro atoms. The van der Waals surface area contributed by atoms with Crippen LogP contribution < -0.4 is 5.32 Å². The number of rotatable bonds is 8. The quantitative estimate of drug-likeness (QED) is 0.560. The van der Waals surface area contributed by atoms with Crippen LogP contribution in [0.2, 0.25) is 0 Å². The van der Waals surface area contributed by atoms with Crippen LogP contribution in [0.5, 0.6) is 0 Å². The summed E-state index contributed by atoms with van der Waals surface area (Å²) in [6, 6.07) is 13.2. The molecule has 0 aliphatic heterocycles. The highest BCUT2D eigenvalue weighted by Gasteiger charge is 2.29. The average molecular weight is 383 g/mol. The summed E-state index contributed by atoms with van der Waals surface area (Å²) in [7, 11) is 1.53. The number of nitrogens with zero attached hydrogens (tertiary/aromatic N) is 2. The third-order valence-electron chi connectivity index (χ3n) is 4.76. The topological polar surface area (TPSA) is 92.6 Å². The van der Waals surface area contributed by atoms with Crippen molar-refractivity contribution >= 4 is 17.5 Å². The van der Waals surface area contributed by atoms with Crippen molar-refractivity contribution in [3.8, 4) is 0 Å². The van der Waals surface area contributed by atoms with Gasteiger partial charge >= 0.3 is 0 Å². The SMILES string of the molecule is CC[C@H](C(=O)NC)N(Cc1ccccc1C)C(=O)Cc1ccccc1[N+](=O)[O-]. The molecule has 0 saturated carbocycles. The maximum Gasteiger partial charge on any atom is 0.273 e. The first-order chi connectivity index (χ1) is 13.4. The molecule has 0 aromatic heterocycles. The predicted molar refractivity (Wildman–Crippen MR) is 107 cm³/mol. The zero-order chi connectivity index (χ0) is 20.7. The molecule has 2 rings (SSSR count). The molecule has 28 heavy (non-hydrogen) atoms. The molecule has 1 atom stereocenters. The Bertz CT molecular complexity index is 866. The fourth-order valence-corrected chi connectivity index (χ4v) is 3.16. The van der Waals surface area contributed by atoms with E-state index < -0.39 is 11.0 Å². The summed E-state index contributed by atoms with van der Waals surface area (Å²) in [5, 5.41) is 13.9. The van der Waals surface area contributed by atoms with Gasteiger partial charge in [0.2, 0.25) is 11.8 Å². The van der Waals surface area contributed by atoms with Gasteiger partial charge in [-0.1, -0.05) is 49.4 Å². The van der Waals surface area contributed by atoms with Crippen molar-refractivity contribution in [1.82, 2.24) is 10.2 Å². The maximum atomic E-state index is 13.1. The number of nitrogens with one attached hydrogen (secondary N) is 1. The van der Waals surface area contributed by atoms with Gasteiger partial charge < -0.3 is 10.2 Å². The van der Waals surface area contributed by atoms with Crippen LogP contribution in [0.15, 0.2) is 48.5 Å². The second kappa shape index (κ2) is 9.64. The van der Waals surface area contributed by atoms with Crippen molar-refractivity contribution in [1.29, 1.82) is 0 Å². The van der Waals surface area contributed by atoms with Crippen LogP contribution in [0.1, 0.15) is 30.0 Å². The Morgan fingerprint density at radius 2 is 1.71 bits per heavy atom. The van der Waals surface area contributed by atoms with Crippen LogP contribution in [0.3, 0.4) is 0 Å². The van der Waals surface area contributed by atoms with Crippen LogP contribution in [0, 0.1) is 17.0 Å². The molecule has 0 saturated heterocycles. The lowest BCUT2D eigenvalue weighted by atomic mass is 10.0. The summed E-state index contributed by atoms with van der Waals surface area (Å²) < 4.78 is 0. The Balaban J connectivity index is 2.37. The van der Waals surface area contributed by atoms with E-state index in [1.807, 2.05) is 38.1 Å². The van der Waals surface area contributed by atoms with Crippen LogP contribution in [-0.4, -0.2) is 34.7 Å². The third-order valence-corrected chi connectivity index (χ3v) is 4.76. The molecule has 2 aromatic carbocycles. The summed E-state index contributed by atoms with van der Waals surface area (Å²) in [5.41, 5.74) is 2.18. The van der Waals surface area contributed by atoms with E-state index in [0.717, 1.165) is 11.1 Å². The van der Waals surface area contributed by atoms with Crippen molar-refractivity contribution in [2.75, 3.05) is 7.05 Å². The number of carbonyl (C=O) groups excluding carboxylic acids is 2. The minimum atomic E-state index is -0.653. The van der Waals surface area contributed by atoms with Gasteiger partial charge in [0.25, 0.3) is 5.69 Å². The van der Waals surface area contributed by atoms with E-state index >= 15 is 0 Å². The van der Waals surface area contributed by atoms with Crippen LogP contribution in [0.4, 0.5) is 5.69 Å². The lowest BCUT2D eigenvalue weighted by Crippen LogP contribution is -2.48. The highest BCUT2D eigenvalue weighted by Crippen LogP contribution is 2.21. The average Bonchev–Trinajstić information content (AvgIpc) is 2.69. The lowest BCUT2D eigenvalue weighted by Gasteiger charge is -2.30. The first-order valence-electron chi connectivity index (χ1n) is 9.16. The van der Waals surface area contributed by atoms with Crippen molar-refractivity contribution in [2.24, 2.45) is 0 Å². The van der Waals surface area contributed by atoms with E-state index in [2.05, 4.69) is 5.32 Å². The van der Waals surface area contributed by atoms with E-state index in [9.17, 15) is 19.7 Å². The molecule has 1 N–H and O–H groups in total. The zero-order valence-corrected chi connectivity index (χ0v) is 16.3. The van der Waals surface area contributed by atoms with E-state index in [1.165, 1.54) is 18.0 Å². The Kier molecular flexibility index (Phi) is 7.26. The molecule has 0 heterocycles. The number of amides is 2. The lowest BCUT2D eigenvalue weighted by molar-refractivity contribution is -0.385. The Morgan fingerprint density at radius 3 is 2.29 bits per heavy atom. The minimum absolute atomic E-state index is 0.0975. The van der Waals surface area contributed by atoms with E-state index in [1.54, 1.807) is 18.2 Å². The molecule has 148 valence electrons. The molecule has 0 radical (unpaired) electrons. The minimum Gasteiger partial charge on any atom is -0.357 e. The predicted octanol–water partition coefficient (Wildman–Crippen LogP) is 3.00. The van der Waals surface area contributed by atoms with Crippen molar-refractivity contribution < 1.29 is 14.5 Å². The second-order valence-electron chi connectivity index (χ2n) is 6.55. The third kappa shape index (κ3) is 4.94. The number of aryl methyl sites for hydroxylation is 1. The van der Waals surface area contributed by atoms with Crippen molar-refractivity contribution in [3.05, 3.63) is 75.3 Å². The molecule has 7 nitrogen and oxygen atoms in total. The van der Waals surface area contributed by atoms with Gasteiger partial charge in [-0.2, -0.15) is 0 Å². The van der Waals surface area contributed by atoms with Gasteiger partial charge in [0.1, 0.15) is 6.04 Å². The molecular weight excluding hydrogens is 358 g/mol. The molecule has 2 aromatic rings. The molecule has 0 fully saturated rings. The fourth-order valence-electron chi connectivity index (χ4n) is 3.16. The second-order valence-corrected chi connectivity index (χ2v) is 6.55. The van der Waals surface area contributed by atoms with Crippen LogP contribution in [0.25, 0.3) is 0 Å². The summed E-state index contributed by atoms with van der Waals surface area (Å²) in [6.07, 6.45) is 0.296. The largest absolute Gasteiger partial charge is 0.357 e. The maximum absolute atomic E-state index is 13.1. The van der Waals surface area contributed by atoms with E-state index in [0.29, 0.717) is 12.0 Å². The zero-order valence-electron chi connectivity index (χ0n) is 16.3. The van der Waals surface area contributed by atoms with Gasteiger partial charge in [0, 0.05) is 25.2 Å². The van der Waals surface area contributed by atoms with E-state index in [4.69, 9.17) is 0 Å². The smallest absolute Gasteiger partial charge is 0.273 e. The first kappa shape index (κ1) is 21.1. The molecule has 2 amide bonds. The molecule has 0 bridgehead atoms. The normalized spacial score (nSPS) is 11.5. The first-order valence-corrected chi connectivity index (χ1v) is 9.16. The van der Waals surface area contributed by atoms with Crippen molar-refractivity contribution in [3.63, 3.8) is 0 Å². The van der Waals surface area contributed by atoms with Crippen molar-refractivity contribution in [2.45, 2.75) is 39.3 Å². The van der Waals surface area contributed by atoms with Gasteiger partial charge in [0.05, 0.1) is 11.3 Å². The number of hydrogen-bond acceptors (Lipinski definition) is 4. The number of benzene rings is 2. The molecule has 0 unspecified atom stereocenters. The highest BCUT2D eigenvalue weighted by molar-refractivity contribution is 5.88. The molecular formula is C21H25N3O4. The summed E-state index contributed by atoms with van der Waals surface area (Å²) >= 11 is 0. The van der Waals surface area contributed by atoms with Gasteiger partial charge in [-0.3, -0.25) is 19.7 Å². The summed E-state index contributed by atoms with van der Waals surface area (Å²) in [6.45, 7) is 4.04. The highest BCUT2D eigenvalue weighted by atomic mass is 16.6. The van der Waals surface area contributed by atoms with Gasteiger partial charge in [-0.25, -0.2) is 0 Å². The Morgan fingerprint density at radius 1 is 1.11 bits per heavy atom.